The number of nitrogens with zero attached hydrogens (tertiary/aromatic N) is 1. The lowest BCUT2D eigenvalue weighted by Crippen LogP contribution is -2.36. The van der Waals surface area contributed by atoms with Gasteiger partial charge in [-0.05, 0) is 25.1 Å². The highest BCUT2D eigenvalue weighted by Gasteiger charge is 2.23. The summed E-state index contributed by atoms with van der Waals surface area (Å²) in [5.41, 5.74) is 3.72. The van der Waals surface area contributed by atoms with Crippen LogP contribution in [0.5, 0.6) is 5.75 Å². The molecule has 4 nitrogen and oxygen atoms in total. The van der Waals surface area contributed by atoms with Gasteiger partial charge in [-0.1, -0.05) is 30.3 Å². The Bertz CT molecular complexity index is 882. The van der Waals surface area contributed by atoms with Crippen molar-refractivity contribution in [2.45, 2.75) is 6.92 Å². The van der Waals surface area contributed by atoms with Crippen LogP contribution in [0.1, 0.15) is 16.1 Å². The normalized spacial score (nSPS) is 13.7. The molecular formula is C19H18N2O2. The number of nitrogens with one attached hydrogen (secondary N) is 1. The minimum absolute atomic E-state index is 0.136. The van der Waals surface area contributed by atoms with Crippen LogP contribution in [-0.4, -0.2) is 30.5 Å². The molecule has 0 spiro atoms. The van der Waals surface area contributed by atoms with Crippen LogP contribution < -0.4 is 9.64 Å². The number of ether oxygens (including phenoxy) is 1. The summed E-state index contributed by atoms with van der Waals surface area (Å²) in [6, 6.07) is 15.8. The summed E-state index contributed by atoms with van der Waals surface area (Å²) in [7, 11) is 0. The van der Waals surface area contributed by atoms with Crippen LogP contribution in [0.25, 0.3) is 10.9 Å². The average Bonchev–Trinajstić information content (AvgIpc) is 2.91. The second kappa shape index (κ2) is 5.47. The fourth-order valence-electron chi connectivity index (χ4n) is 3.28. The number of fused-ring (bicyclic) bond motifs is 2. The molecule has 116 valence electrons. The van der Waals surface area contributed by atoms with Gasteiger partial charge in [0.05, 0.1) is 18.8 Å². The molecule has 1 aliphatic heterocycles. The number of Topliss-reactive ketones (excluding diaryl/α,β-unsaturated/α-hetero) is 1. The second-order valence-electron chi connectivity index (χ2n) is 5.83. The van der Waals surface area contributed by atoms with Gasteiger partial charge in [-0.3, -0.25) is 4.79 Å². The third-order valence-electron chi connectivity index (χ3n) is 4.33. The third-order valence-corrected chi connectivity index (χ3v) is 4.33. The largest absolute Gasteiger partial charge is 0.490 e. The Morgan fingerprint density at radius 1 is 1.17 bits per heavy atom. The quantitative estimate of drug-likeness (QED) is 0.753. The lowest BCUT2D eigenvalue weighted by atomic mass is 10.1. The molecule has 0 saturated carbocycles. The number of para-hydroxylation sites is 3. The maximum atomic E-state index is 12.9. The van der Waals surface area contributed by atoms with Gasteiger partial charge in [0, 0.05) is 22.2 Å². The molecule has 0 amide bonds. The SMILES string of the molecule is Cc1[nH]c2ccccc2c1C(=O)CN1CCOc2ccccc21. The first-order chi connectivity index (χ1) is 11.2. The van der Waals surface area contributed by atoms with Crippen LogP contribution in [-0.2, 0) is 0 Å². The van der Waals surface area contributed by atoms with Gasteiger partial charge in [-0.2, -0.15) is 0 Å². The van der Waals surface area contributed by atoms with Crippen LogP contribution >= 0.6 is 0 Å². The first kappa shape index (κ1) is 13.9. The molecule has 0 atom stereocenters. The zero-order valence-corrected chi connectivity index (χ0v) is 13.0. The number of aryl methyl sites for hydroxylation is 1. The lowest BCUT2D eigenvalue weighted by molar-refractivity contribution is 0.0998. The smallest absolute Gasteiger partial charge is 0.184 e. The van der Waals surface area contributed by atoms with E-state index in [-0.39, 0.29) is 5.78 Å². The van der Waals surface area contributed by atoms with Crippen molar-refractivity contribution in [2.24, 2.45) is 0 Å². The predicted molar refractivity (Wildman–Crippen MR) is 91.5 cm³/mol. The molecule has 4 heteroatoms. The number of hydrogen-bond donors (Lipinski definition) is 1. The summed E-state index contributed by atoms with van der Waals surface area (Å²) >= 11 is 0. The van der Waals surface area contributed by atoms with Gasteiger partial charge in [-0.15, -0.1) is 0 Å². The number of aromatic nitrogens is 1. The molecular weight excluding hydrogens is 288 g/mol. The van der Waals surface area contributed by atoms with Crippen molar-refractivity contribution in [3.63, 3.8) is 0 Å². The lowest BCUT2D eigenvalue weighted by Gasteiger charge is -2.30. The van der Waals surface area contributed by atoms with E-state index in [2.05, 4.69) is 9.88 Å². The van der Waals surface area contributed by atoms with Crippen LogP contribution in [0.3, 0.4) is 0 Å². The van der Waals surface area contributed by atoms with E-state index in [0.29, 0.717) is 13.2 Å². The van der Waals surface area contributed by atoms with E-state index in [1.807, 2.05) is 55.5 Å². The molecule has 0 bridgehead atoms. The van der Waals surface area contributed by atoms with Gasteiger partial charge in [0.2, 0.25) is 0 Å². The molecule has 1 aromatic heterocycles. The summed E-state index contributed by atoms with van der Waals surface area (Å²) in [5.74, 6) is 0.985. The van der Waals surface area contributed by atoms with Crippen LogP contribution in [0.4, 0.5) is 5.69 Å². The minimum atomic E-state index is 0.136. The highest BCUT2D eigenvalue weighted by atomic mass is 16.5. The van der Waals surface area contributed by atoms with Crippen molar-refractivity contribution in [3.05, 3.63) is 59.8 Å². The molecule has 4 rings (SSSR count). The number of anilines is 1. The van der Waals surface area contributed by atoms with Gasteiger partial charge < -0.3 is 14.6 Å². The Hall–Kier alpha value is -2.75. The number of aromatic amines is 1. The van der Waals surface area contributed by atoms with Crippen LogP contribution in [0.15, 0.2) is 48.5 Å². The summed E-state index contributed by atoms with van der Waals surface area (Å²) in [6.45, 7) is 3.66. The van der Waals surface area contributed by atoms with Crippen molar-refractivity contribution < 1.29 is 9.53 Å². The van der Waals surface area contributed by atoms with Crippen molar-refractivity contribution in [2.75, 3.05) is 24.6 Å². The number of hydrogen-bond acceptors (Lipinski definition) is 3. The van der Waals surface area contributed by atoms with Gasteiger partial charge >= 0.3 is 0 Å². The van der Waals surface area contributed by atoms with Gasteiger partial charge in [0.25, 0.3) is 0 Å². The van der Waals surface area contributed by atoms with Crippen molar-refractivity contribution in [3.8, 4) is 5.75 Å². The topological polar surface area (TPSA) is 45.3 Å². The van der Waals surface area contributed by atoms with E-state index in [1.165, 1.54) is 0 Å². The van der Waals surface area contributed by atoms with E-state index < -0.39 is 0 Å². The highest BCUT2D eigenvalue weighted by molar-refractivity contribution is 6.11. The molecule has 0 fully saturated rings. The summed E-state index contributed by atoms with van der Waals surface area (Å²) < 4.78 is 5.66. The van der Waals surface area contributed by atoms with Crippen molar-refractivity contribution >= 4 is 22.4 Å². The molecule has 1 aliphatic rings. The number of ketones is 1. The number of H-pyrrole nitrogens is 1. The summed E-state index contributed by atoms with van der Waals surface area (Å²) in [6.07, 6.45) is 0. The van der Waals surface area contributed by atoms with Gasteiger partial charge in [0.15, 0.2) is 5.78 Å². The van der Waals surface area contributed by atoms with Crippen LogP contribution in [0.2, 0.25) is 0 Å². The Kier molecular flexibility index (Phi) is 3.30. The number of carbonyl (C=O) groups excluding carboxylic acids is 1. The molecule has 1 N–H and O–H groups in total. The first-order valence-electron chi connectivity index (χ1n) is 7.81. The Morgan fingerprint density at radius 3 is 2.87 bits per heavy atom. The minimum Gasteiger partial charge on any atom is -0.490 e. The van der Waals surface area contributed by atoms with Crippen molar-refractivity contribution in [1.29, 1.82) is 0 Å². The molecule has 23 heavy (non-hydrogen) atoms. The third kappa shape index (κ3) is 2.36. The highest BCUT2D eigenvalue weighted by Crippen LogP contribution is 2.31. The average molecular weight is 306 g/mol. The fourth-order valence-corrected chi connectivity index (χ4v) is 3.28. The molecule has 0 saturated heterocycles. The first-order valence-corrected chi connectivity index (χ1v) is 7.81. The summed E-state index contributed by atoms with van der Waals surface area (Å²) in [4.78, 5) is 18.3. The number of benzene rings is 2. The monoisotopic (exact) mass is 306 g/mol. The van der Waals surface area contributed by atoms with Crippen LogP contribution in [0, 0.1) is 6.92 Å². The fraction of sp³-hybridized carbons (Fsp3) is 0.211. The Labute approximate surface area is 134 Å². The maximum Gasteiger partial charge on any atom is 0.184 e. The molecule has 0 radical (unpaired) electrons. The van der Waals surface area contributed by atoms with E-state index >= 15 is 0 Å². The molecule has 0 unspecified atom stereocenters. The Balaban J connectivity index is 1.67. The molecule has 0 aliphatic carbocycles. The number of rotatable bonds is 3. The van der Waals surface area contributed by atoms with Gasteiger partial charge in [-0.25, -0.2) is 0 Å². The predicted octanol–water partition coefficient (Wildman–Crippen LogP) is 3.56. The maximum absolute atomic E-state index is 12.9. The molecule has 2 heterocycles. The Morgan fingerprint density at radius 2 is 1.96 bits per heavy atom. The second-order valence-corrected chi connectivity index (χ2v) is 5.83. The molecule has 3 aromatic rings. The number of carbonyl (C=O) groups is 1. The van der Waals surface area contributed by atoms with E-state index in [4.69, 9.17) is 4.74 Å². The zero-order valence-electron chi connectivity index (χ0n) is 13.0. The van der Waals surface area contributed by atoms with E-state index in [9.17, 15) is 4.79 Å². The van der Waals surface area contributed by atoms with Gasteiger partial charge in [0.1, 0.15) is 12.4 Å². The zero-order chi connectivity index (χ0) is 15.8. The standard InChI is InChI=1S/C19H18N2O2/c1-13-19(14-6-2-3-7-15(14)20-13)17(22)12-21-10-11-23-18-9-5-4-8-16(18)21/h2-9,20H,10-12H2,1H3. The summed E-state index contributed by atoms with van der Waals surface area (Å²) in [5, 5.41) is 0.997. The molecule has 2 aromatic carbocycles. The van der Waals surface area contributed by atoms with E-state index in [1.54, 1.807) is 0 Å². The van der Waals surface area contributed by atoms with E-state index in [0.717, 1.165) is 40.1 Å². The van der Waals surface area contributed by atoms with Crippen molar-refractivity contribution in [1.82, 2.24) is 4.98 Å².